The molecule has 3 heterocycles. The number of ether oxygens (including phenoxy) is 2. The van der Waals surface area contributed by atoms with Gasteiger partial charge in [-0.3, -0.25) is 4.79 Å². The Bertz CT molecular complexity index is 361. The summed E-state index contributed by atoms with van der Waals surface area (Å²) in [7, 11) is 1.79. The smallest absolute Gasteiger partial charge is 0.225 e. The number of nitrogens with one attached hydrogen (secondary N) is 1. The molecule has 21 heavy (non-hydrogen) atoms. The third-order valence-electron chi connectivity index (χ3n) is 5.48. The van der Waals surface area contributed by atoms with Gasteiger partial charge in [0.25, 0.3) is 0 Å². The normalized spacial score (nSPS) is 30.5. The third-order valence-corrected chi connectivity index (χ3v) is 5.48. The van der Waals surface area contributed by atoms with Gasteiger partial charge < -0.3 is 19.7 Å². The number of nitrogens with zero attached hydrogens (tertiary/aromatic N) is 1. The number of hydrogen-bond acceptors (Lipinski definition) is 4. The van der Waals surface area contributed by atoms with Crippen LogP contribution in [0.1, 0.15) is 38.5 Å². The molecule has 0 radical (unpaired) electrons. The number of hydrogen-bond donors (Lipinski definition) is 1. The summed E-state index contributed by atoms with van der Waals surface area (Å²) in [5.41, 5.74) is -0.141. The van der Waals surface area contributed by atoms with Gasteiger partial charge in [-0.25, -0.2) is 0 Å². The largest absolute Gasteiger partial charge is 0.378 e. The highest BCUT2D eigenvalue weighted by Crippen LogP contribution is 2.37. The molecule has 0 aromatic heterocycles. The third kappa shape index (κ3) is 3.10. The summed E-state index contributed by atoms with van der Waals surface area (Å²) in [5.74, 6) is 0.585. The molecule has 0 aliphatic carbocycles. The minimum absolute atomic E-state index is 0.141. The summed E-state index contributed by atoms with van der Waals surface area (Å²) in [5, 5.41) is 3.33. The highest BCUT2D eigenvalue weighted by atomic mass is 16.5. The summed E-state index contributed by atoms with van der Waals surface area (Å²) in [6, 6.07) is 0. The monoisotopic (exact) mass is 296 g/mol. The van der Waals surface area contributed by atoms with Crippen molar-refractivity contribution in [3.05, 3.63) is 0 Å². The van der Waals surface area contributed by atoms with Gasteiger partial charge in [-0.1, -0.05) is 0 Å². The number of carbonyl (C=O) groups excluding carboxylic acids is 1. The number of likely N-dealkylation sites (tertiary alicyclic amines) is 1. The van der Waals surface area contributed by atoms with E-state index in [1.54, 1.807) is 7.11 Å². The van der Waals surface area contributed by atoms with Crippen molar-refractivity contribution in [1.82, 2.24) is 10.2 Å². The number of carbonyl (C=O) groups is 1. The fourth-order valence-electron chi connectivity index (χ4n) is 4.13. The molecule has 5 heteroatoms. The highest BCUT2D eigenvalue weighted by Gasteiger charge is 2.45. The molecule has 1 amide bonds. The second-order valence-corrected chi connectivity index (χ2v) is 6.63. The molecule has 0 saturated carbocycles. The van der Waals surface area contributed by atoms with Crippen LogP contribution in [-0.4, -0.2) is 62.4 Å². The summed E-state index contributed by atoms with van der Waals surface area (Å²) >= 11 is 0. The van der Waals surface area contributed by atoms with Crippen LogP contribution in [0.4, 0.5) is 0 Å². The Labute approximate surface area is 127 Å². The van der Waals surface area contributed by atoms with Crippen molar-refractivity contribution in [2.45, 2.75) is 50.2 Å². The Kier molecular flexibility index (Phi) is 4.82. The van der Waals surface area contributed by atoms with E-state index in [-0.39, 0.29) is 17.6 Å². The maximum absolute atomic E-state index is 12.6. The van der Waals surface area contributed by atoms with Gasteiger partial charge in [0.2, 0.25) is 5.91 Å². The Morgan fingerprint density at radius 1 is 1.24 bits per heavy atom. The standard InChI is InChI=1S/C16H28N2O3/c1-20-14-3-2-12-21-16(14)6-10-18(11-7-16)15(19)13-4-8-17-9-5-13/h13-14,17H,2-12H2,1H3/t14-/m0/s1. The Hall–Kier alpha value is -0.650. The minimum atomic E-state index is -0.141. The number of piperidine rings is 2. The lowest BCUT2D eigenvalue weighted by atomic mass is 9.81. The number of amides is 1. The minimum Gasteiger partial charge on any atom is -0.378 e. The van der Waals surface area contributed by atoms with Crippen LogP contribution < -0.4 is 5.32 Å². The quantitative estimate of drug-likeness (QED) is 0.831. The van der Waals surface area contributed by atoms with Crippen LogP contribution >= 0.6 is 0 Å². The van der Waals surface area contributed by atoms with Gasteiger partial charge in [0.1, 0.15) is 0 Å². The van der Waals surface area contributed by atoms with Crippen LogP contribution in [0.15, 0.2) is 0 Å². The molecule has 1 spiro atoms. The first-order valence-corrected chi connectivity index (χ1v) is 8.41. The molecular formula is C16H28N2O3. The van der Waals surface area contributed by atoms with E-state index in [0.29, 0.717) is 5.91 Å². The van der Waals surface area contributed by atoms with Crippen molar-refractivity contribution in [2.24, 2.45) is 5.92 Å². The second kappa shape index (κ2) is 6.63. The molecule has 1 atom stereocenters. The zero-order valence-corrected chi connectivity index (χ0v) is 13.1. The molecule has 0 unspecified atom stereocenters. The van der Waals surface area contributed by atoms with Gasteiger partial charge in [-0.15, -0.1) is 0 Å². The van der Waals surface area contributed by atoms with Crippen molar-refractivity contribution in [1.29, 1.82) is 0 Å². The van der Waals surface area contributed by atoms with E-state index in [4.69, 9.17) is 9.47 Å². The van der Waals surface area contributed by atoms with Crippen LogP contribution in [0, 0.1) is 5.92 Å². The molecule has 5 nitrogen and oxygen atoms in total. The molecule has 0 aromatic carbocycles. The van der Waals surface area contributed by atoms with E-state index in [2.05, 4.69) is 10.2 Å². The fraction of sp³-hybridized carbons (Fsp3) is 0.938. The lowest BCUT2D eigenvalue weighted by molar-refractivity contribution is -0.189. The predicted molar refractivity (Wildman–Crippen MR) is 80.1 cm³/mol. The molecule has 3 aliphatic rings. The topological polar surface area (TPSA) is 50.8 Å². The van der Waals surface area contributed by atoms with E-state index in [9.17, 15) is 4.79 Å². The van der Waals surface area contributed by atoms with Crippen LogP contribution in [0.25, 0.3) is 0 Å². The van der Waals surface area contributed by atoms with Crippen molar-refractivity contribution >= 4 is 5.91 Å². The molecule has 120 valence electrons. The van der Waals surface area contributed by atoms with Gasteiger partial charge in [0, 0.05) is 32.7 Å². The van der Waals surface area contributed by atoms with E-state index >= 15 is 0 Å². The maximum atomic E-state index is 12.6. The van der Waals surface area contributed by atoms with Gasteiger partial charge in [0.05, 0.1) is 11.7 Å². The van der Waals surface area contributed by atoms with Crippen molar-refractivity contribution < 1.29 is 14.3 Å². The van der Waals surface area contributed by atoms with E-state index in [1.165, 1.54) is 0 Å². The first-order valence-electron chi connectivity index (χ1n) is 8.41. The number of methoxy groups -OCH3 is 1. The molecule has 3 saturated heterocycles. The van der Waals surface area contributed by atoms with Crippen LogP contribution in [0.2, 0.25) is 0 Å². The zero-order chi connectivity index (χ0) is 14.7. The van der Waals surface area contributed by atoms with Gasteiger partial charge in [-0.2, -0.15) is 0 Å². The molecule has 0 aromatic rings. The molecular weight excluding hydrogens is 268 g/mol. The summed E-state index contributed by atoms with van der Waals surface area (Å²) in [4.78, 5) is 14.7. The number of rotatable bonds is 2. The predicted octanol–water partition coefficient (Wildman–Crippen LogP) is 1.17. The van der Waals surface area contributed by atoms with E-state index in [1.807, 2.05) is 0 Å². The van der Waals surface area contributed by atoms with Crippen LogP contribution in [0.3, 0.4) is 0 Å². The SMILES string of the molecule is CO[C@H]1CCCOC12CCN(C(=O)C1CCNCC1)CC2. The van der Waals surface area contributed by atoms with Crippen molar-refractivity contribution in [3.63, 3.8) is 0 Å². The Balaban J connectivity index is 1.57. The summed E-state index contributed by atoms with van der Waals surface area (Å²) < 4.78 is 11.8. The Morgan fingerprint density at radius 3 is 2.62 bits per heavy atom. The molecule has 3 fully saturated rings. The fourth-order valence-corrected chi connectivity index (χ4v) is 4.13. The molecule has 3 rings (SSSR count). The van der Waals surface area contributed by atoms with Gasteiger partial charge in [0.15, 0.2) is 0 Å². The lowest BCUT2D eigenvalue weighted by Crippen LogP contribution is -2.57. The van der Waals surface area contributed by atoms with E-state index in [0.717, 1.165) is 71.3 Å². The molecule has 3 aliphatic heterocycles. The summed E-state index contributed by atoms with van der Waals surface area (Å²) in [6.45, 7) is 4.43. The Morgan fingerprint density at radius 2 is 1.95 bits per heavy atom. The average molecular weight is 296 g/mol. The maximum Gasteiger partial charge on any atom is 0.225 e. The molecule has 1 N–H and O–H groups in total. The summed E-state index contributed by atoms with van der Waals surface area (Å²) in [6.07, 6.45) is 6.17. The molecule has 0 bridgehead atoms. The van der Waals surface area contributed by atoms with Gasteiger partial charge >= 0.3 is 0 Å². The average Bonchev–Trinajstić information content (AvgIpc) is 2.56. The zero-order valence-electron chi connectivity index (χ0n) is 13.1. The first-order chi connectivity index (χ1) is 10.2. The second-order valence-electron chi connectivity index (χ2n) is 6.63. The lowest BCUT2D eigenvalue weighted by Gasteiger charge is -2.48. The van der Waals surface area contributed by atoms with Crippen molar-refractivity contribution in [3.8, 4) is 0 Å². The van der Waals surface area contributed by atoms with Crippen LogP contribution in [-0.2, 0) is 14.3 Å². The van der Waals surface area contributed by atoms with Gasteiger partial charge in [-0.05, 0) is 51.6 Å². The van der Waals surface area contributed by atoms with E-state index < -0.39 is 0 Å². The highest BCUT2D eigenvalue weighted by molar-refractivity contribution is 5.79. The first kappa shape index (κ1) is 15.3. The van der Waals surface area contributed by atoms with Crippen LogP contribution in [0.5, 0.6) is 0 Å². The van der Waals surface area contributed by atoms with Crippen molar-refractivity contribution in [2.75, 3.05) is 39.9 Å².